The molecule has 0 atom stereocenters. The highest BCUT2D eigenvalue weighted by Crippen LogP contribution is 2.23. The second kappa shape index (κ2) is 6.32. The van der Waals surface area contributed by atoms with E-state index in [0.717, 1.165) is 18.0 Å². The summed E-state index contributed by atoms with van der Waals surface area (Å²) in [6.07, 6.45) is 3.93. The minimum Gasteiger partial charge on any atom is -0.381 e. The smallest absolute Gasteiger partial charge is 0.0466 e. The lowest BCUT2D eigenvalue weighted by Gasteiger charge is -2.16. The molecule has 66 valence electrons. The van der Waals surface area contributed by atoms with Crippen LogP contribution in [0.1, 0.15) is 19.3 Å². The van der Waals surface area contributed by atoms with Crippen molar-refractivity contribution in [2.45, 2.75) is 24.1 Å². The van der Waals surface area contributed by atoms with E-state index in [-0.39, 0.29) is 0 Å². The molecule has 0 N–H and O–H groups in total. The van der Waals surface area contributed by atoms with Crippen molar-refractivity contribution in [2.24, 2.45) is 0 Å². The standard InChI is InChI=1S/C5H10O.C3H5BrS/c1-2-4-6-5-3-1;4-3-1-5-2-3/h1-5H2;3H,1-2H2. The number of ether oxygens (including phenoxy) is 1. The predicted molar refractivity (Wildman–Crippen MR) is 54.7 cm³/mol. The Morgan fingerprint density at radius 3 is 1.73 bits per heavy atom. The Bertz CT molecular complexity index is 80.6. The lowest BCUT2D eigenvalue weighted by atomic mass is 10.2. The first-order valence-corrected chi connectivity index (χ1v) is 6.26. The molecule has 2 aliphatic heterocycles. The van der Waals surface area contributed by atoms with E-state index in [0.29, 0.717) is 0 Å². The van der Waals surface area contributed by atoms with E-state index in [1.54, 1.807) is 0 Å². The molecule has 11 heavy (non-hydrogen) atoms. The van der Waals surface area contributed by atoms with Crippen LogP contribution in [0.5, 0.6) is 0 Å². The maximum Gasteiger partial charge on any atom is 0.0466 e. The molecule has 0 saturated carbocycles. The van der Waals surface area contributed by atoms with Crippen LogP contribution in [-0.4, -0.2) is 29.5 Å². The van der Waals surface area contributed by atoms with Crippen LogP contribution < -0.4 is 0 Å². The van der Waals surface area contributed by atoms with Gasteiger partial charge in [0.05, 0.1) is 0 Å². The summed E-state index contributed by atoms with van der Waals surface area (Å²) in [6, 6.07) is 0. The zero-order valence-electron chi connectivity index (χ0n) is 6.72. The van der Waals surface area contributed by atoms with Crippen molar-refractivity contribution in [3.63, 3.8) is 0 Å². The summed E-state index contributed by atoms with van der Waals surface area (Å²) in [4.78, 5) is 0.840. The molecule has 2 aliphatic rings. The van der Waals surface area contributed by atoms with Gasteiger partial charge < -0.3 is 4.74 Å². The van der Waals surface area contributed by atoms with Gasteiger partial charge in [0.2, 0.25) is 0 Å². The first kappa shape index (κ1) is 9.87. The maximum absolute atomic E-state index is 5.07. The fraction of sp³-hybridized carbons (Fsp3) is 1.00. The molecule has 0 unspecified atom stereocenters. The molecule has 0 radical (unpaired) electrons. The van der Waals surface area contributed by atoms with E-state index in [9.17, 15) is 0 Å². The van der Waals surface area contributed by atoms with E-state index in [4.69, 9.17) is 4.74 Å². The summed E-state index contributed by atoms with van der Waals surface area (Å²) < 4.78 is 5.07. The third-order valence-corrected chi connectivity index (χ3v) is 4.46. The summed E-state index contributed by atoms with van der Waals surface area (Å²) in [5.41, 5.74) is 0. The molecule has 2 rings (SSSR count). The van der Waals surface area contributed by atoms with Gasteiger partial charge in [0.25, 0.3) is 0 Å². The molecule has 2 heterocycles. The van der Waals surface area contributed by atoms with Gasteiger partial charge in [-0.15, -0.1) is 0 Å². The second-order valence-electron chi connectivity index (χ2n) is 2.81. The molecule has 3 heteroatoms. The second-order valence-corrected chi connectivity index (χ2v) is 5.18. The van der Waals surface area contributed by atoms with E-state index >= 15 is 0 Å². The Morgan fingerprint density at radius 1 is 1.09 bits per heavy atom. The van der Waals surface area contributed by atoms with E-state index in [1.165, 1.54) is 30.8 Å². The summed E-state index contributed by atoms with van der Waals surface area (Å²) in [6.45, 7) is 2.00. The molecular weight excluding hydrogens is 224 g/mol. The molecule has 0 aromatic rings. The largest absolute Gasteiger partial charge is 0.381 e. The SMILES string of the molecule is BrC1CSC1.C1CCOCC1. The molecule has 0 bridgehead atoms. The van der Waals surface area contributed by atoms with Crippen molar-refractivity contribution >= 4 is 27.7 Å². The molecule has 2 fully saturated rings. The molecule has 0 aromatic heterocycles. The molecule has 0 aromatic carbocycles. The first-order valence-electron chi connectivity index (χ1n) is 4.19. The van der Waals surface area contributed by atoms with Crippen LogP contribution in [0.25, 0.3) is 0 Å². The molecule has 2 saturated heterocycles. The highest BCUT2D eigenvalue weighted by Gasteiger charge is 2.12. The van der Waals surface area contributed by atoms with Crippen LogP contribution >= 0.6 is 27.7 Å². The number of thioether (sulfide) groups is 1. The number of rotatable bonds is 0. The third kappa shape index (κ3) is 5.10. The number of hydrogen-bond donors (Lipinski definition) is 0. The van der Waals surface area contributed by atoms with Crippen molar-refractivity contribution in [3.8, 4) is 0 Å². The number of hydrogen-bond acceptors (Lipinski definition) is 2. The highest BCUT2D eigenvalue weighted by molar-refractivity contribution is 9.09. The lowest BCUT2D eigenvalue weighted by Crippen LogP contribution is -2.15. The fourth-order valence-electron chi connectivity index (χ4n) is 0.894. The van der Waals surface area contributed by atoms with Gasteiger partial charge in [-0.25, -0.2) is 0 Å². The monoisotopic (exact) mass is 238 g/mol. The third-order valence-electron chi connectivity index (χ3n) is 1.67. The molecule has 0 aliphatic carbocycles. The predicted octanol–water partition coefficient (Wildman–Crippen LogP) is 2.68. The van der Waals surface area contributed by atoms with Gasteiger partial charge in [0.1, 0.15) is 0 Å². The van der Waals surface area contributed by atoms with Gasteiger partial charge in [-0.2, -0.15) is 11.8 Å². The van der Waals surface area contributed by atoms with Gasteiger partial charge in [-0.3, -0.25) is 0 Å². The van der Waals surface area contributed by atoms with Crippen molar-refractivity contribution < 1.29 is 4.74 Å². The van der Waals surface area contributed by atoms with Gasteiger partial charge in [0, 0.05) is 29.5 Å². The van der Waals surface area contributed by atoms with Crippen molar-refractivity contribution in [2.75, 3.05) is 24.7 Å². The van der Waals surface area contributed by atoms with Crippen molar-refractivity contribution in [1.29, 1.82) is 0 Å². The average molecular weight is 239 g/mol. The Kier molecular flexibility index (Phi) is 5.68. The fourth-order valence-corrected chi connectivity index (χ4v) is 2.43. The molecular formula is C8H15BrOS. The molecule has 0 spiro atoms. The lowest BCUT2D eigenvalue weighted by molar-refractivity contribution is 0.0968. The van der Waals surface area contributed by atoms with E-state index in [2.05, 4.69) is 15.9 Å². The summed E-state index contributed by atoms with van der Waals surface area (Å²) in [5, 5.41) is 0. The van der Waals surface area contributed by atoms with Gasteiger partial charge in [-0.1, -0.05) is 15.9 Å². The van der Waals surface area contributed by atoms with Crippen LogP contribution in [0.2, 0.25) is 0 Å². The summed E-state index contributed by atoms with van der Waals surface area (Å²) in [7, 11) is 0. The minimum atomic E-state index is 0.840. The first-order chi connectivity index (χ1) is 5.39. The maximum atomic E-state index is 5.07. The van der Waals surface area contributed by atoms with Crippen LogP contribution in [0.4, 0.5) is 0 Å². The molecule has 0 amide bonds. The Labute approximate surface area is 81.4 Å². The average Bonchev–Trinajstić information content (AvgIpc) is 2.05. The minimum absolute atomic E-state index is 0.840. The zero-order chi connectivity index (χ0) is 7.94. The van der Waals surface area contributed by atoms with Crippen LogP contribution in [0, 0.1) is 0 Å². The quantitative estimate of drug-likeness (QED) is 0.601. The normalized spacial score (nSPS) is 24.8. The zero-order valence-corrected chi connectivity index (χ0v) is 9.12. The summed E-state index contributed by atoms with van der Waals surface area (Å²) in [5.74, 6) is 2.64. The Hall–Kier alpha value is 0.790. The van der Waals surface area contributed by atoms with Crippen LogP contribution in [0.15, 0.2) is 0 Å². The van der Waals surface area contributed by atoms with E-state index in [1.807, 2.05) is 11.8 Å². The number of halogens is 1. The van der Waals surface area contributed by atoms with Crippen molar-refractivity contribution in [1.82, 2.24) is 0 Å². The van der Waals surface area contributed by atoms with Crippen LogP contribution in [0.3, 0.4) is 0 Å². The Morgan fingerprint density at radius 2 is 1.64 bits per heavy atom. The highest BCUT2D eigenvalue weighted by atomic mass is 79.9. The molecule has 1 nitrogen and oxygen atoms in total. The topological polar surface area (TPSA) is 9.23 Å². The van der Waals surface area contributed by atoms with Crippen molar-refractivity contribution in [3.05, 3.63) is 0 Å². The van der Waals surface area contributed by atoms with Gasteiger partial charge in [0.15, 0.2) is 0 Å². The van der Waals surface area contributed by atoms with Crippen LogP contribution in [-0.2, 0) is 4.74 Å². The van der Waals surface area contributed by atoms with Gasteiger partial charge >= 0.3 is 0 Å². The number of alkyl halides is 1. The van der Waals surface area contributed by atoms with Gasteiger partial charge in [-0.05, 0) is 19.3 Å². The Balaban J connectivity index is 0.000000112. The van der Waals surface area contributed by atoms with E-state index < -0.39 is 0 Å². The summed E-state index contributed by atoms with van der Waals surface area (Å²) >= 11 is 5.44.